The highest BCUT2D eigenvalue weighted by Crippen LogP contribution is 2.63. The standard InChI is InChI=1S/C68H94N13O14P/c1-34-25-45-46(26-35(34)2)81(33-75-45)63-58(90)59(47(32-82)93-63)95-96(91,92)94-36(3)31-74-54(88)23-24-65(8)43(27-51(71)85)62-68(11)67(10,30-53(73)87)42(18-21-50(70)84)57(80-68)38(5)61-66(9,29-52(72)86)40(19-22-55(89)76-39-15-13-12-14-16-39)44(77-61)28-48-64(6,7)41(17-20-49(69)83)56(78-48)37(4)60(65)79-62/h12-16,25-26,28,33,36,40-43,47,58-59,62-63,77,82,90H,17-24,27,29-32H2,1-11H3,(H2,69,83)(H2,70,84)(H2,71,85)(H2,72,86)(H2,73,87)(H,74,88)(H,76,89)(H,91,92)/b44-28?,56-37?,61-38-/t36-,40+,41+,42+,43-,47+,58+,59+,62+,63-,65+,66-,67-,68-/m0/s1. The fraction of sp³-hybridized carbons (Fsp3) is 0.574. The van der Waals surface area contributed by atoms with Crippen LogP contribution >= 0.6 is 7.82 Å². The number of rotatable bonds is 27. The number of imidazole rings is 1. The molecule has 27 nitrogen and oxygen atoms in total. The number of aliphatic hydroxyl groups is 2. The summed E-state index contributed by atoms with van der Waals surface area (Å²) < 4.78 is 32.4. The molecular weight excluding hydrogens is 1250 g/mol. The van der Waals surface area contributed by atoms with Crippen LogP contribution in [0, 0.1) is 59.2 Å². The Morgan fingerprint density at radius 2 is 1.43 bits per heavy atom. The highest BCUT2D eigenvalue weighted by atomic mass is 31.2. The Balaban J connectivity index is 1.11. The molecule has 96 heavy (non-hydrogen) atoms. The number of para-hydroxylation sites is 1. The first-order valence-corrected chi connectivity index (χ1v) is 34.2. The Labute approximate surface area is 558 Å². The van der Waals surface area contributed by atoms with E-state index in [0.29, 0.717) is 62.1 Å². The molecule has 6 aliphatic rings. The molecule has 16 N–H and O–H groups in total. The maximum atomic E-state index is 14.5. The molecule has 0 aliphatic carbocycles. The number of phosphoric ester groups is 1. The number of fused-ring (bicyclic) bond motifs is 7. The number of aromatic nitrogens is 2. The summed E-state index contributed by atoms with van der Waals surface area (Å²) >= 11 is 0. The summed E-state index contributed by atoms with van der Waals surface area (Å²) in [5.41, 5.74) is 32.5. The van der Waals surface area contributed by atoms with Crippen LogP contribution in [0.15, 0.2) is 98.1 Å². The number of aliphatic imine (C=N–C) groups is 3. The van der Waals surface area contributed by atoms with Crippen molar-refractivity contribution in [1.29, 1.82) is 0 Å². The Bertz CT molecular complexity index is 3880. The van der Waals surface area contributed by atoms with E-state index in [-0.39, 0.29) is 83.1 Å². The van der Waals surface area contributed by atoms with Crippen LogP contribution in [-0.2, 0) is 51.9 Å². The van der Waals surface area contributed by atoms with Gasteiger partial charge < -0.3 is 69.0 Å². The van der Waals surface area contributed by atoms with Crippen LogP contribution < -0.4 is 44.6 Å². The zero-order valence-corrected chi connectivity index (χ0v) is 57.5. The fourth-order valence-electron chi connectivity index (χ4n) is 16.2. The molecule has 1 aromatic heterocycles. The average molecular weight is 1350 g/mol. The third-order valence-corrected chi connectivity index (χ3v) is 22.8. The number of aryl methyl sites for hydroxylation is 2. The molecule has 9 rings (SSSR count). The van der Waals surface area contributed by atoms with E-state index >= 15 is 0 Å². The van der Waals surface area contributed by atoms with Crippen LogP contribution in [0.5, 0.6) is 0 Å². The number of aliphatic hydroxyl groups excluding tert-OH is 2. The first kappa shape index (κ1) is 72.5. The van der Waals surface area contributed by atoms with Crippen molar-refractivity contribution in [3.8, 4) is 0 Å². The number of hydrogen-bond donors (Lipinski definition) is 11. The number of amides is 7. The van der Waals surface area contributed by atoms with Gasteiger partial charge in [-0.05, 0) is 120 Å². The molecule has 3 aromatic rings. The van der Waals surface area contributed by atoms with Gasteiger partial charge in [0.1, 0.15) is 18.3 Å². The van der Waals surface area contributed by atoms with Crippen LogP contribution in [0.1, 0.15) is 150 Å². The summed E-state index contributed by atoms with van der Waals surface area (Å²) in [5.74, 6) is -6.89. The molecule has 0 spiro atoms. The van der Waals surface area contributed by atoms with Crippen molar-refractivity contribution in [2.24, 2.45) is 89.0 Å². The van der Waals surface area contributed by atoms with E-state index in [9.17, 15) is 53.2 Å². The highest BCUT2D eigenvalue weighted by molar-refractivity contribution is 7.47. The third kappa shape index (κ3) is 14.0. The van der Waals surface area contributed by atoms with E-state index < -0.39 is 137 Å². The Morgan fingerprint density at radius 3 is 2.05 bits per heavy atom. The van der Waals surface area contributed by atoms with Crippen LogP contribution in [0.25, 0.3) is 11.0 Å². The number of carbonyl (C=O) groups is 7. The number of hydrogen-bond acceptors (Lipinski definition) is 18. The summed E-state index contributed by atoms with van der Waals surface area (Å²) in [6.45, 7) is 19.4. The van der Waals surface area contributed by atoms with Crippen molar-refractivity contribution in [3.63, 3.8) is 0 Å². The summed E-state index contributed by atoms with van der Waals surface area (Å²) in [7, 11) is -5.08. The van der Waals surface area contributed by atoms with E-state index in [1.54, 1.807) is 28.8 Å². The van der Waals surface area contributed by atoms with Crippen molar-refractivity contribution < 1.29 is 67.0 Å². The minimum atomic E-state index is -5.08. The van der Waals surface area contributed by atoms with E-state index in [1.807, 2.05) is 93.5 Å². The second-order valence-corrected chi connectivity index (χ2v) is 29.9. The minimum Gasteiger partial charge on any atom is -0.394 e. The van der Waals surface area contributed by atoms with Gasteiger partial charge in [0.25, 0.3) is 0 Å². The highest BCUT2D eigenvalue weighted by Gasteiger charge is 2.66. The second kappa shape index (κ2) is 27.6. The number of ether oxygens (including phenoxy) is 1. The SMILES string of the molecule is CC1=C2N=C(C=C3N/C(=C(/C)C4=N[C@@](C)([C@@H]5N=C1[C@](C)(CCC(=O)NC[C@H](C)OP(=O)(O)O[C@H]1[C@@H](O)[C@@H](n6cnc7cc(C)c(C)cc76)O[C@@H]1CO)[C@H]5CC(N)=O)[C@@](C)(CC(N)=O)[C@@H]4CCC(N)=O)[C@@](C)(CC(N)=O)[C@@H]3CCC(=O)Nc1ccccc1)C(C)(C)[C@@H]2CCC(N)=O. The molecule has 15 atom stereocenters. The predicted octanol–water partition coefficient (Wildman–Crippen LogP) is 5.32. The Kier molecular flexibility index (Phi) is 20.9. The van der Waals surface area contributed by atoms with Crippen molar-refractivity contribution >= 4 is 83.0 Å². The van der Waals surface area contributed by atoms with Crippen LogP contribution in [0.2, 0.25) is 0 Å². The van der Waals surface area contributed by atoms with Crippen molar-refractivity contribution in [1.82, 2.24) is 20.2 Å². The number of nitrogens with two attached hydrogens (primary N) is 5. The van der Waals surface area contributed by atoms with E-state index in [2.05, 4.69) is 20.9 Å². The molecule has 28 heteroatoms. The number of nitrogens with zero attached hydrogens (tertiary/aromatic N) is 5. The number of primary amides is 5. The normalized spacial score (nSPS) is 31.5. The fourth-order valence-corrected chi connectivity index (χ4v) is 17.3. The van der Waals surface area contributed by atoms with Crippen molar-refractivity contribution in [2.45, 2.75) is 189 Å². The molecule has 520 valence electrons. The topological polar surface area (TPSA) is 446 Å². The van der Waals surface area contributed by atoms with Crippen LogP contribution in [-0.4, -0.2) is 132 Å². The number of allylic oxidation sites excluding steroid dienone is 6. The van der Waals surface area contributed by atoms with Gasteiger partial charge in [-0.25, -0.2) is 9.55 Å². The third-order valence-electron chi connectivity index (χ3n) is 21.6. The first-order valence-electron chi connectivity index (χ1n) is 32.7. The van der Waals surface area contributed by atoms with Gasteiger partial charge in [-0.2, -0.15) is 0 Å². The van der Waals surface area contributed by atoms with E-state index in [4.69, 9.17) is 57.4 Å². The first-order chi connectivity index (χ1) is 44.9. The zero-order valence-electron chi connectivity index (χ0n) is 56.6. The second-order valence-electron chi connectivity index (χ2n) is 28.5. The van der Waals surface area contributed by atoms with Gasteiger partial charge in [-0.3, -0.25) is 57.6 Å². The quantitative estimate of drug-likeness (QED) is 0.0430. The molecular formula is C68H94N13O14P. The number of carbonyl (C=O) groups excluding carboxylic acids is 7. The summed E-state index contributed by atoms with van der Waals surface area (Å²) in [6, 6.07) is 11.7. The van der Waals surface area contributed by atoms with Gasteiger partial charge in [0.2, 0.25) is 41.4 Å². The molecule has 2 saturated heterocycles. The van der Waals surface area contributed by atoms with Gasteiger partial charge in [0, 0.05) is 137 Å². The lowest BCUT2D eigenvalue weighted by Gasteiger charge is -2.48. The number of nitrogens with one attached hydrogen (secondary N) is 3. The molecule has 2 aromatic carbocycles. The van der Waals surface area contributed by atoms with Crippen molar-refractivity contribution in [3.05, 3.63) is 94.2 Å². The zero-order chi connectivity index (χ0) is 70.5. The number of phosphoric acid groups is 1. The predicted molar refractivity (Wildman–Crippen MR) is 359 cm³/mol. The molecule has 0 radical (unpaired) electrons. The molecule has 8 bridgehead atoms. The lowest BCUT2D eigenvalue weighted by atomic mass is 9.55. The maximum absolute atomic E-state index is 14.5. The van der Waals surface area contributed by atoms with Gasteiger partial charge in [-0.1, -0.05) is 52.8 Å². The van der Waals surface area contributed by atoms with Crippen LogP contribution in [0.4, 0.5) is 5.69 Å². The maximum Gasteiger partial charge on any atom is 0.472 e. The van der Waals surface area contributed by atoms with E-state index in [1.165, 1.54) is 13.3 Å². The van der Waals surface area contributed by atoms with Crippen LogP contribution in [0.3, 0.4) is 0 Å². The number of benzene rings is 2. The van der Waals surface area contributed by atoms with Gasteiger partial charge in [0.05, 0.1) is 41.7 Å². The minimum absolute atomic E-state index is 0.00496. The molecule has 1 unspecified atom stereocenters. The molecule has 2 fully saturated rings. The molecule has 7 amide bonds. The van der Waals surface area contributed by atoms with Gasteiger partial charge in [-0.15, -0.1) is 0 Å². The largest absolute Gasteiger partial charge is 0.472 e. The lowest BCUT2D eigenvalue weighted by Crippen LogP contribution is -2.56. The summed E-state index contributed by atoms with van der Waals surface area (Å²) in [5, 5.41) is 31.3. The average Bonchev–Trinajstić information content (AvgIpc) is 1.53. The summed E-state index contributed by atoms with van der Waals surface area (Å²) in [4.78, 5) is 128. The van der Waals surface area contributed by atoms with Gasteiger partial charge >= 0.3 is 7.82 Å². The molecule has 0 saturated carbocycles. The Hall–Kier alpha value is -7.78. The van der Waals surface area contributed by atoms with E-state index in [0.717, 1.165) is 11.1 Å². The smallest absolute Gasteiger partial charge is 0.394 e. The summed E-state index contributed by atoms with van der Waals surface area (Å²) in [6.07, 6.45) is -4.14. The molecule has 7 heterocycles. The van der Waals surface area contributed by atoms with Gasteiger partial charge in [0.15, 0.2) is 6.23 Å². The number of anilines is 1. The molecule has 6 aliphatic heterocycles. The Morgan fingerprint density at radius 1 is 0.792 bits per heavy atom. The lowest BCUT2D eigenvalue weighted by molar-refractivity contribution is -0.124. The van der Waals surface area contributed by atoms with Crippen molar-refractivity contribution in [2.75, 3.05) is 18.5 Å². The monoisotopic (exact) mass is 1350 g/mol.